The Hall–Kier alpha value is -2.21. The van der Waals surface area contributed by atoms with Gasteiger partial charge in [0.05, 0.1) is 25.3 Å². The third-order valence-electron chi connectivity index (χ3n) is 4.61. The van der Waals surface area contributed by atoms with Crippen molar-refractivity contribution >= 4 is 5.91 Å². The lowest BCUT2D eigenvalue weighted by atomic mass is 9.96. The maximum Gasteiger partial charge on any atom is 0.224 e. The summed E-state index contributed by atoms with van der Waals surface area (Å²) >= 11 is 0. The molecule has 0 aromatic carbocycles. The topological polar surface area (TPSA) is 60.2 Å². The molecule has 3 rings (SSSR count). The lowest BCUT2D eigenvalue weighted by Gasteiger charge is -2.32. The van der Waals surface area contributed by atoms with Gasteiger partial charge in [0.15, 0.2) is 0 Å². The van der Waals surface area contributed by atoms with Crippen molar-refractivity contribution in [1.29, 1.82) is 0 Å². The van der Waals surface area contributed by atoms with E-state index in [0.717, 1.165) is 37.4 Å². The predicted octanol–water partition coefficient (Wildman–Crippen LogP) is 2.46. The molecule has 1 aliphatic heterocycles. The van der Waals surface area contributed by atoms with E-state index >= 15 is 0 Å². The van der Waals surface area contributed by atoms with E-state index in [0.29, 0.717) is 26.2 Å². The van der Waals surface area contributed by atoms with Gasteiger partial charge in [-0.1, -0.05) is 6.07 Å². The van der Waals surface area contributed by atoms with Gasteiger partial charge in [-0.3, -0.25) is 9.78 Å². The Morgan fingerprint density at radius 2 is 2.24 bits per heavy atom. The molecule has 6 nitrogen and oxygen atoms in total. The standard InChI is InChI=1S/C19H26N4O2/c1-2-25-13-8-18(24)22-11-5-6-16(14-22)19-21-10-12-23(19)15-17-7-3-4-9-20-17/h3-4,7,9-10,12,16H,2,5-6,8,11,13-15H2,1H3/t16-/m1/s1. The van der Waals surface area contributed by atoms with Gasteiger partial charge in [0.1, 0.15) is 5.82 Å². The van der Waals surface area contributed by atoms with E-state index in [1.165, 1.54) is 0 Å². The molecule has 0 N–H and O–H groups in total. The Bertz CT molecular complexity index is 671. The molecule has 0 aliphatic carbocycles. The van der Waals surface area contributed by atoms with Crippen LogP contribution in [0, 0.1) is 0 Å². The van der Waals surface area contributed by atoms with Crippen LogP contribution in [0.1, 0.15) is 43.6 Å². The summed E-state index contributed by atoms with van der Waals surface area (Å²) in [4.78, 5) is 23.3. The molecule has 2 aromatic heterocycles. The fourth-order valence-electron chi connectivity index (χ4n) is 3.36. The smallest absolute Gasteiger partial charge is 0.224 e. The van der Waals surface area contributed by atoms with E-state index in [1.54, 1.807) is 0 Å². The zero-order valence-corrected chi connectivity index (χ0v) is 14.8. The third-order valence-corrected chi connectivity index (χ3v) is 4.61. The number of nitrogens with zero attached hydrogens (tertiary/aromatic N) is 4. The Morgan fingerprint density at radius 3 is 3.04 bits per heavy atom. The first kappa shape index (κ1) is 17.6. The highest BCUT2D eigenvalue weighted by Crippen LogP contribution is 2.26. The van der Waals surface area contributed by atoms with Gasteiger partial charge in [0.25, 0.3) is 0 Å². The average molecular weight is 342 g/mol. The van der Waals surface area contributed by atoms with Crippen LogP contribution in [0.3, 0.4) is 0 Å². The Kier molecular flexibility index (Phi) is 6.17. The molecule has 0 unspecified atom stereocenters. The van der Waals surface area contributed by atoms with Crippen LogP contribution in [-0.2, 0) is 16.1 Å². The number of pyridine rings is 1. The number of likely N-dealkylation sites (tertiary alicyclic amines) is 1. The van der Waals surface area contributed by atoms with Crippen LogP contribution in [-0.4, -0.2) is 51.6 Å². The van der Waals surface area contributed by atoms with Crippen molar-refractivity contribution in [3.63, 3.8) is 0 Å². The Labute approximate surface area is 148 Å². The number of aromatic nitrogens is 3. The summed E-state index contributed by atoms with van der Waals surface area (Å²) in [5, 5.41) is 0. The second-order valence-electron chi connectivity index (χ2n) is 6.36. The summed E-state index contributed by atoms with van der Waals surface area (Å²) in [6, 6.07) is 5.94. The highest BCUT2D eigenvalue weighted by molar-refractivity contribution is 5.76. The molecule has 0 spiro atoms. The van der Waals surface area contributed by atoms with Gasteiger partial charge in [-0.2, -0.15) is 0 Å². The molecule has 134 valence electrons. The zero-order valence-electron chi connectivity index (χ0n) is 14.8. The second kappa shape index (κ2) is 8.76. The first-order valence-corrected chi connectivity index (χ1v) is 9.04. The number of carbonyl (C=O) groups is 1. The quantitative estimate of drug-likeness (QED) is 0.725. The Balaban J connectivity index is 1.64. The van der Waals surface area contributed by atoms with Crippen molar-refractivity contribution in [2.75, 3.05) is 26.3 Å². The van der Waals surface area contributed by atoms with E-state index in [2.05, 4.69) is 14.5 Å². The monoisotopic (exact) mass is 342 g/mol. The first-order valence-electron chi connectivity index (χ1n) is 9.04. The van der Waals surface area contributed by atoms with E-state index < -0.39 is 0 Å². The summed E-state index contributed by atoms with van der Waals surface area (Å²) in [5.41, 5.74) is 1.02. The van der Waals surface area contributed by atoms with Crippen molar-refractivity contribution in [3.8, 4) is 0 Å². The number of ether oxygens (including phenoxy) is 1. The van der Waals surface area contributed by atoms with Gasteiger partial charge < -0.3 is 14.2 Å². The molecule has 3 heterocycles. The molecule has 0 saturated carbocycles. The molecule has 1 atom stereocenters. The normalized spacial score (nSPS) is 17.6. The minimum atomic E-state index is 0.181. The third kappa shape index (κ3) is 4.66. The minimum absolute atomic E-state index is 0.181. The van der Waals surface area contributed by atoms with Gasteiger partial charge >= 0.3 is 0 Å². The summed E-state index contributed by atoms with van der Waals surface area (Å²) in [7, 11) is 0. The van der Waals surface area contributed by atoms with Gasteiger partial charge in [0.2, 0.25) is 5.91 Å². The number of hydrogen-bond donors (Lipinski definition) is 0. The number of amides is 1. The molecule has 1 fully saturated rings. The van der Waals surface area contributed by atoms with E-state index in [1.807, 2.05) is 48.6 Å². The zero-order chi connectivity index (χ0) is 17.5. The van der Waals surface area contributed by atoms with Crippen molar-refractivity contribution in [2.24, 2.45) is 0 Å². The highest BCUT2D eigenvalue weighted by atomic mass is 16.5. The fraction of sp³-hybridized carbons (Fsp3) is 0.526. The van der Waals surface area contributed by atoms with Gasteiger partial charge in [0, 0.05) is 44.2 Å². The van der Waals surface area contributed by atoms with E-state index in [-0.39, 0.29) is 11.8 Å². The largest absolute Gasteiger partial charge is 0.381 e. The van der Waals surface area contributed by atoms with Crippen LogP contribution < -0.4 is 0 Å². The van der Waals surface area contributed by atoms with Crippen molar-refractivity contribution in [1.82, 2.24) is 19.4 Å². The van der Waals surface area contributed by atoms with Crippen LogP contribution >= 0.6 is 0 Å². The molecule has 1 amide bonds. The van der Waals surface area contributed by atoms with Crippen molar-refractivity contribution < 1.29 is 9.53 Å². The SMILES string of the molecule is CCOCCC(=O)N1CCC[C@@H](c2nccn2Cc2ccccn2)C1. The number of rotatable bonds is 7. The van der Waals surface area contributed by atoms with Gasteiger partial charge in [-0.05, 0) is 31.9 Å². The molecule has 25 heavy (non-hydrogen) atoms. The molecule has 6 heteroatoms. The fourth-order valence-corrected chi connectivity index (χ4v) is 3.36. The van der Waals surface area contributed by atoms with Gasteiger partial charge in [-0.15, -0.1) is 0 Å². The molecule has 1 aliphatic rings. The highest BCUT2D eigenvalue weighted by Gasteiger charge is 2.27. The molecular formula is C19H26N4O2. The maximum atomic E-state index is 12.4. The van der Waals surface area contributed by atoms with E-state index in [4.69, 9.17) is 4.74 Å². The first-order chi connectivity index (χ1) is 12.3. The summed E-state index contributed by atoms with van der Waals surface area (Å²) in [5.74, 6) is 1.51. The second-order valence-corrected chi connectivity index (χ2v) is 6.36. The van der Waals surface area contributed by atoms with E-state index in [9.17, 15) is 4.79 Å². The molecule has 0 bridgehead atoms. The molecule has 0 radical (unpaired) electrons. The maximum absolute atomic E-state index is 12.4. The van der Waals surface area contributed by atoms with Crippen molar-refractivity contribution in [3.05, 3.63) is 48.3 Å². The van der Waals surface area contributed by atoms with Gasteiger partial charge in [-0.25, -0.2) is 4.98 Å². The Morgan fingerprint density at radius 1 is 1.32 bits per heavy atom. The number of hydrogen-bond acceptors (Lipinski definition) is 4. The average Bonchev–Trinajstić information content (AvgIpc) is 3.11. The number of carbonyl (C=O) groups excluding carboxylic acids is 1. The lowest BCUT2D eigenvalue weighted by molar-refractivity contribution is -0.133. The lowest BCUT2D eigenvalue weighted by Crippen LogP contribution is -2.40. The van der Waals surface area contributed by atoms with Crippen LogP contribution in [0.25, 0.3) is 0 Å². The molecular weight excluding hydrogens is 316 g/mol. The summed E-state index contributed by atoms with van der Waals surface area (Å²) in [6.07, 6.45) is 8.19. The molecule has 1 saturated heterocycles. The summed E-state index contributed by atoms with van der Waals surface area (Å²) in [6.45, 7) is 5.39. The van der Waals surface area contributed by atoms with Crippen LogP contribution in [0.2, 0.25) is 0 Å². The van der Waals surface area contributed by atoms with Crippen LogP contribution in [0.4, 0.5) is 0 Å². The van der Waals surface area contributed by atoms with Crippen LogP contribution in [0.5, 0.6) is 0 Å². The van der Waals surface area contributed by atoms with Crippen molar-refractivity contribution in [2.45, 2.75) is 38.6 Å². The van der Waals surface area contributed by atoms with Crippen LogP contribution in [0.15, 0.2) is 36.8 Å². The predicted molar refractivity (Wildman–Crippen MR) is 95.2 cm³/mol. The molecule has 2 aromatic rings. The summed E-state index contributed by atoms with van der Waals surface area (Å²) < 4.78 is 7.46. The minimum Gasteiger partial charge on any atom is -0.381 e. The number of imidazole rings is 1. The number of piperidine rings is 1.